The number of hydrogen-bond acceptors (Lipinski definition) is 8. The van der Waals surface area contributed by atoms with Crippen LogP contribution < -0.4 is 10.4 Å². The van der Waals surface area contributed by atoms with Crippen LogP contribution in [0.5, 0.6) is 0 Å². The molecule has 2 amide bonds. The third kappa shape index (κ3) is 6.23. The monoisotopic (exact) mass is 484 g/mol. The zero-order chi connectivity index (χ0) is 24.1. The van der Waals surface area contributed by atoms with Crippen LogP contribution in [0.3, 0.4) is 0 Å². The second-order valence-corrected chi connectivity index (χ2v) is 11.0. The highest BCUT2D eigenvalue weighted by molar-refractivity contribution is 7.92. The number of benzene rings is 1. The molecule has 1 aromatic rings. The van der Waals surface area contributed by atoms with Gasteiger partial charge in [0.2, 0.25) is 0 Å². The van der Waals surface area contributed by atoms with Crippen LogP contribution in [0, 0.1) is 0 Å². The molecule has 0 spiro atoms. The molecule has 11 heteroatoms. The highest BCUT2D eigenvalue weighted by atomic mass is 32.2. The summed E-state index contributed by atoms with van der Waals surface area (Å²) in [5, 5.41) is 0. The van der Waals surface area contributed by atoms with Gasteiger partial charge in [-0.05, 0) is 43.9 Å². The molecule has 2 saturated heterocycles. The van der Waals surface area contributed by atoms with E-state index in [1.807, 2.05) is 12.1 Å². The van der Waals surface area contributed by atoms with Crippen molar-refractivity contribution in [3.8, 4) is 0 Å². The van der Waals surface area contributed by atoms with Crippen LogP contribution in [-0.4, -0.2) is 70.7 Å². The van der Waals surface area contributed by atoms with Gasteiger partial charge in [0.05, 0.1) is 13.2 Å². The molecular weight excluding hydrogens is 452 g/mol. The second kappa shape index (κ2) is 10.8. The van der Waals surface area contributed by atoms with Gasteiger partial charge in [-0.25, -0.2) is 23.5 Å². The fourth-order valence-corrected chi connectivity index (χ4v) is 4.65. The van der Waals surface area contributed by atoms with E-state index < -0.39 is 39.0 Å². The highest BCUT2D eigenvalue weighted by Gasteiger charge is 2.48. The lowest BCUT2D eigenvalue weighted by Crippen LogP contribution is -2.53. The van der Waals surface area contributed by atoms with Crippen molar-refractivity contribution in [2.24, 2.45) is 0 Å². The minimum Gasteiger partial charge on any atom is -0.444 e. The summed E-state index contributed by atoms with van der Waals surface area (Å²) in [6.07, 6.45) is 1.94. The number of carbonyl (C=O) groups excluding carboxylic acids is 2. The molecule has 0 saturated carbocycles. The predicted octanol–water partition coefficient (Wildman–Crippen LogP) is 1.97. The van der Waals surface area contributed by atoms with Crippen LogP contribution in [0.4, 0.5) is 10.5 Å². The summed E-state index contributed by atoms with van der Waals surface area (Å²) >= 11 is 0. The Morgan fingerprint density at radius 2 is 2.00 bits per heavy atom. The number of sulfone groups is 1. The topological polar surface area (TPSA) is 120 Å². The van der Waals surface area contributed by atoms with Crippen molar-refractivity contribution in [3.63, 3.8) is 0 Å². The Balaban J connectivity index is 1.65. The first-order valence-corrected chi connectivity index (χ1v) is 12.9. The van der Waals surface area contributed by atoms with Gasteiger partial charge >= 0.3 is 6.09 Å². The maximum Gasteiger partial charge on any atom is 0.414 e. The molecule has 3 rings (SSSR count). The van der Waals surface area contributed by atoms with Crippen LogP contribution in [0.15, 0.2) is 24.3 Å². The average Bonchev–Trinajstić information content (AvgIpc) is 3.15. The number of ether oxygens (including phenoxy) is 3. The molecule has 2 aliphatic heterocycles. The van der Waals surface area contributed by atoms with Gasteiger partial charge in [-0.2, -0.15) is 0 Å². The quantitative estimate of drug-likeness (QED) is 0.501. The summed E-state index contributed by atoms with van der Waals surface area (Å²) in [5.74, 6) is -0.823. The van der Waals surface area contributed by atoms with E-state index in [1.165, 1.54) is 11.8 Å². The molecule has 0 aromatic heterocycles. The lowest BCUT2D eigenvalue weighted by atomic mass is 10.0. The third-order valence-electron chi connectivity index (χ3n) is 6.05. The molecular formula is C22H32N2O8S. The standard InChI is InChI=1S/C22H32N2O8S/c1-22(33(3,27)28,20(25)23-32-19-6-4-5-12-30-19)14-18-15-24(21(26)31-18)17-9-7-16(8-10-17)11-13-29-2/h7-10,18-19H,4-6,11-15H2,1-3H3,(H,23,25). The van der Waals surface area contributed by atoms with E-state index in [-0.39, 0.29) is 13.0 Å². The van der Waals surface area contributed by atoms with Gasteiger partial charge in [-0.3, -0.25) is 9.69 Å². The summed E-state index contributed by atoms with van der Waals surface area (Å²) in [6.45, 7) is 2.55. The van der Waals surface area contributed by atoms with Crippen molar-refractivity contribution in [3.05, 3.63) is 29.8 Å². The maximum atomic E-state index is 12.9. The first-order chi connectivity index (χ1) is 15.6. The zero-order valence-corrected chi connectivity index (χ0v) is 20.1. The highest BCUT2D eigenvalue weighted by Crippen LogP contribution is 2.30. The predicted molar refractivity (Wildman–Crippen MR) is 120 cm³/mol. The van der Waals surface area contributed by atoms with Crippen LogP contribution in [0.25, 0.3) is 0 Å². The summed E-state index contributed by atoms with van der Waals surface area (Å²) in [7, 11) is -2.24. The molecule has 3 atom stereocenters. The Bertz CT molecular complexity index is 930. The fourth-order valence-electron chi connectivity index (χ4n) is 3.78. The molecule has 1 aromatic carbocycles. The number of nitrogens with zero attached hydrogens (tertiary/aromatic N) is 1. The normalized spacial score (nSPS) is 23.1. The maximum absolute atomic E-state index is 12.9. The number of hydroxylamine groups is 1. The Morgan fingerprint density at radius 3 is 2.61 bits per heavy atom. The molecule has 0 aliphatic carbocycles. The van der Waals surface area contributed by atoms with Crippen LogP contribution in [-0.2, 0) is 40.1 Å². The molecule has 2 aliphatic rings. The van der Waals surface area contributed by atoms with Gasteiger partial charge < -0.3 is 14.2 Å². The van der Waals surface area contributed by atoms with Crippen molar-refractivity contribution < 1.29 is 37.1 Å². The molecule has 33 heavy (non-hydrogen) atoms. The van der Waals surface area contributed by atoms with Crippen molar-refractivity contribution in [1.82, 2.24) is 5.48 Å². The molecule has 0 bridgehead atoms. The number of amides is 2. The first kappa shape index (κ1) is 25.4. The largest absolute Gasteiger partial charge is 0.444 e. The zero-order valence-electron chi connectivity index (χ0n) is 19.2. The van der Waals surface area contributed by atoms with E-state index in [1.54, 1.807) is 19.2 Å². The Morgan fingerprint density at radius 1 is 1.27 bits per heavy atom. The number of anilines is 1. The average molecular weight is 485 g/mol. The van der Waals surface area contributed by atoms with Gasteiger partial charge in [0, 0.05) is 38.5 Å². The van der Waals surface area contributed by atoms with Crippen molar-refractivity contribution in [2.75, 3.05) is 38.0 Å². The second-order valence-electron chi connectivity index (χ2n) is 8.58. The molecule has 3 unspecified atom stereocenters. The summed E-state index contributed by atoms with van der Waals surface area (Å²) in [6, 6.07) is 7.39. The van der Waals surface area contributed by atoms with Crippen molar-refractivity contribution >= 4 is 27.5 Å². The van der Waals surface area contributed by atoms with Gasteiger partial charge in [0.25, 0.3) is 5.91 Å². The van der Waals surface area contributed by atoms with Crippen LogP contribution >= 0.6 is 0 Å². The lowest BCUT2D eigenvalue weighted by molar-refractivity contribution is -0.201. The van der Waals surface area contributed by atoms with E-state index in [0.29, 0.717) is 25.3 Å². The SMILES string of the molecule is COCCc1ccc(N2CC(CC(C)(C(=O)NOC3CCCCO3)S(C)(=O)=O)OC2=O)cc1. The molecule has 1 N–H and O–H groups in total. The van der Waals surface area contributed by atoms with E-state index in [2.05, 4.69) is 5.48 Å². The minimum atomic E-state index is -3.87. The molecule has 10 nitrogen and oxygen atoms in total. The summed E-state index contributed by atoms with van der Waals surface area (Å²) in [4.78, 5) is 32.1. The number of rotatable bonds is 10. The van der Waals surface area contributed by atoms with Crippen molar-refractivity contribution in [2.45, 2.75) is 56.2 Å². The van der Waals surface area contributed by atoms with Gasteiger partial charge in [0.1, 0.15) is 6.10 Å². The van der Waals surface area contributed by atoms with E-state index in [0.717, 1.165) is 31.1 Å². The van der Waals surface area contributed by atoms with Gasteiger partial charge in [-0.15, -0.1) is 0 Å². The molecule has 184 valence electrons. The number of nitrogens with one attached hydrogen (secondary N) is 1. The van der Waals surface area contributed by atoms with Crippen LogP contribution in [0.1, 0.15) is 38.2 Å². The number of hydrogen-bond donors (Lipinski definition) is 1. The minimum absolute atomic E-state index is 0.126. The molecule has 0 radical (unpaired) electrons. The fraction of sp³-hybridized carbons (Fsp3) is 0.636. The Hall–Kier alpha value is -2.21. The number of carbonyl (C=O) groups is 2. The smallest absolute Gasteiger partial charge is 0.414 e. The summed E-state index contributed by atoms with van der Waals surface area (Å²) < 4.78 is 39.2. The first-order valence-electron chi connectivity index (χ1n) is 11.0. The Labute approximate surface area is 194 Å². The molecule has 2 heterocycles. The van der Waals surface area contributed by atoms with E-state index in [9.17, 15) is 18.0 Å². The summed E-state index contributed by atoms with van der Waals surface area (Å²) in [5.41, 5.74) is 3.94. The number of cyclic esters (lactones) is 1. The van der Waals surface area contributed by atoms with Crippen molar-refractivity contribution in [1.29, 1.82) is 0 Å². The lowest BCUT2D eigenvalue weighted by Gasteiger charge is -2.29. The third-order valence-corrected chi connectivity index (χ3v) is 8.04. The number of methoxy groups -OCH3 is 1. The van der Waals surface area contributed by atoms with Gasteiger partial charge in [0.15, 0.2) is 20.9 Å². The Kier molecular flexibility index (Phi) is 8.33. The van der Waals surface area contributed by atoms with Gasteiger partial charge in [-0.1, -0.05) is 12.1 Å². The van der Waals surface area contributed by atoms with E-state index in [4.69, 9.17) is 19.0 Å². The molecule has 2 fully saturated rings. The van der Waals surface area contributed by atoms with Crippen LogP contribution in [0.2, 0.25) is 0 Å². The van der Waals surface area contributed by atoms with E-state index >= 15 is 0 Å².